The number of H-pyrrole nitrogens is 1. The van der Waals surface area contributed by atoms with Gasteiger partial charge in [0.2, 0.25) is 11.1 Å². The highest BCUT2D eigenvalue weighted by molar-refractivity contribution is 7.98. The number of anilines is 1. The minimum absolute atomic E-state index is 0.164. The molecule has 0 fully saturated rings. The molecule has 0 saturated heterocycles. The van der Waals surface area contributed by atoms with E-state index >= 15 is 0 Å². The van der Waals surface area contributed by atoms with Crippen molar-refractivity contribution in [3.8, 4) is 11.3 Å². The number of nitrogens with one attached hydrogen (secondary N) is 1. The van der Waals surface area contributed by atoms with Gasteiger partial charge in [-0.3, -0.25) is 14.6 Å². The molecule has 3 aromatic rings. The van der Waals surface area contributed by atoms with Crippen LogP contribution in [-0.4, -0.2) is 22.2 Å². The maximum absolute atomic E-state index is 12.8. The Morgan fingerprint density at radius 2 is 2.08 bits per heavy atom. The first-order chi connectivity index (χ1) is 12.5. The largest absolute Gasteiger partial charge is 0.457 e. The lowest BCUT2D eigenvalue weighted by Gasteiger charge is -2.29. The highest BCUT2D eigenvalue weighted by atomic mass is 32.2. The first-order valence-electron chi connectivity index (χ1n) is 8.07. The summed E-state index contributed by atoms with van der Waals surface area (Å²) in [6.07, 6.45) is 1.16. The van der Waals surface area contributed by atoms with Crippen molar-refractivity contribution in [2.75, 3.05) is 11.2 Å². The van der Waals surface area contributed by atoms with E-state index in [-0.39, 0.29) is 11.5 Å². The molecule has 2 aromatic heterocycles. The second-order valence-corrected chi connectivity index (χ2v) is 6.78. The Balaban J connectivity index is 2.10. The highest BCUT2D eigenvalue weighted by Gasteiger charge is 2.46. The van der Waals surface area contributed by atoms with E-state index in [1.165, 1.54) is 18.7 Å². The number of rotatable bonds is 2. The van der Waals surface area contributed by atoms with Gasteiger partial charge in [-0.15, -0.1) is 0 Å². The van der Waals surface area contributed by atoms with Gasteiger partial charge in [0.25, 0.3) is 0 Å². The lowest BCUT2D eigenvalue weighted by Crippen LogP contribution is -2.60. The van der Waals surface area contributed by atoms with Gasteiger partial charge in [-0.1, -0.05) is 23.9 Å². The van der Waals surface area contributed by atoms with E-state index in [4.69, 9.17) is 4.42 Å². The Kier molecular flexibility index (Phi) is 3.91. The van der Waals surface area contributed by atoms with Crippen molar-refractivity contribution < 1.29 is 13.9 Å². The number of aromatic nitrogens is 3. The van der Waals surface area contributed by atoms with E-state index in [0.29, 0.717) is 27.9 Å². The Morgan fingerprint density at radius 3 is 2.73 bits per heavy atom. The summed E-state index contributed by atoms with van der Waals surface area (Å²) in [7, 11) is 0. The zero-order valence-electron chi connectivity index (χ0n) is 14.5. The summed E-state index contributed by atoms with van der Waals surface area (Å²) >= 11 is 1.33. The minimum atomic E-state index is -0.667. The average molecular weight is 369 g/mol. The van der Waals surface area contributed by atoms with Crippen molar-refractivity contribution in [2.24, 2.45) is 0 Å². The molecule has 1 amide bonds. The second kappa shape index (κ2) is 6.14. The first-order valence-corrected chi connectivity index (χ1v) is 9.29. The lowest BCUT2D eigenvalue weighted by atomic mass is 10.0. The van der Waals surface area contributed by atoms with Gasteiger partial charge in [0.15, 0.2) is 5.76 Å². The molecule has 4 rings (SSSR count). The van der Waals surface area contributed by atoms with Crippen molar-refractivity contribution in [2.45, 2.75) is 25.2 Å². The standard InChI is InChI=1S/C18H16N4O3S/c1-10-8-9-14(25-10)17-21(11(2)23)13-7-5-4-6-12(13)15-16(24)19-18(26-3)20-22(15)17/h4-9,17H,1-3H3/p+1/t17-/m0/s1. The zero-order chi connectivity index (χ0) is 18.4. The number of amides is 1. The molecule has 1 N–H and O–H groups in total. The first kappa shape index (κ1) is 16.6. The maximum Gasteiger partial charge on any atom is 0.325 e. The fourth-order valence-corrected chi connectivity index (χ4v) is 3.62. The molecule has 3 heterocycles. The Hall–Kier alpha value is -2.87. The third-order valence-electron chi connectivity index (χ3n) is 4.31. The van der Waals surface area contributed by atoms with Crippen molar-refractivity contribution in [3.05, 3.63) is 58.3 Å². The molecule has 132 valence electrons. The van der Waals surface area contributed by atoms with E-state index in [1.54, 1.807) is 9.58 Å². The molecular weight excluding hydrogens is 352 g/mol. The van der Waals surface area contributed by atoms with Crippen LogP contribution in [0.25, 0.3) is 11.3 Å². The van der Waals surface area contributed by atoms with Gasteiger partial charge in [-0.25, -0.2) is 4.90 Å². The smallest absolute Gasteiger partial charge is 0.325 e. The Morgan fingerprint density at radius 1 is 1.31 bits per heavy atom. The summed E-state index contributed by atoms with van der Waals surface area (Å²) in [5.41, 5.74) is 1.45. The van der Waals surface area contributed by atoms with Crippen LogP contribution < -0.4 is 15.1 Å². The zero-order valence-corrected chi connectivity index (χ0v) is 15.3. The molecule has 7 nitrogen and oxygen atoms in total. The molecule has 0 saturated carbocycles. The molecular formula is C18H17N4O3S+. The normalized spacial score (nSPS) is 15.5. The summed E-state index contributed by atoms with van der Waals surface area (Å²) in [6, 6.07) is 11.0. The van der Waals surface area contributed by atoms with Crippen LogP contribution in [-0.2, 0) is 4.79 Å². The van der Waals surface area contributed by atoms with Crippen LogP contribution in [0.2, 0.25) is 0 Å². The number of hydrogen-bond acceptors (Lipinski definition) is 5. The number of carbonyl (C=O) groups is 1. The molecule has 0 spiro atoms. The molecule has 1 aromatic carbocycles. The Bertz CT molecular complexity index is 1070. The molecule has 1 atom stereocenters. The van der Waals surface area contributed by atoms with Gasteiger partial charge < -0.3 is 4.42 Å². The van der Waals surface area contributed by atoms with E-state index in [9.17, 15) is 9.59 Å². The van der Waals surface area contributed by atoms with Crippen molar-refractivity contribution in [3.63, 3.8) is 0 Å². The fraction of sp³-hybridized carbons (Fsp3) is 0.222. The van der Waals surface area contributed by atoms with E-state index in [2.05, 4.69) is 10.1 Å². The van der Waals surface area contributed by atoms with Gasteiger partial charge >= 0.3 is 17.4 Å². The summed E-state index contributed by atoms with van der Waals surface area (Å²) in [6.45, 7) is 3.33. The number of nitrogens with zero attached hydrogens (tertiary/aromatic N) is 3. The van der Waals surface area contributed by atoms with Crippen molar-refractivity contribution >= 4 is 23.4 Å². The summed E-state index contributed by atoms with van der Waals surface area (Å²) in [4.78, 5) is 29.8. The predicted molar refractivity (Wildman–Crippen MR) is 97.0 cm³/mol. The molecule has 0 aliphatic carbocycles. The van der Waals surface area contributed by atoms with Crippen LogP contribution >= 0.6 is 11.8 Å². The number of aryl methyl sites for hydroxylation is 1. The van der Waals surface area contributed by atoms with Crippen LogP contribution in [0.4, 0.5) is 5.69 Å². The van der Waals surface area contributed by atoms with Crippen LogP contribution in [0.15, 0.2) is 50.8 Å². The predicted octanol–water partition coefficient (Wildman–Crippen LogP) is 2.26. The van der Waals surface area contributed by atoms with Gasteiger partial charge in [0.1, 0.15) is 5.76 Å². The van der Waals surface area contributed by atoms with Crippen molar-refractivity contribution in [1.29, 1.82) is 0 Å². The van der Waals surface area contributed by atoms with E-state index in [1.807, 2.05) is 49.6 Å². The molecule has 0 bridgehead atoms. The number of furan rings is 1. The minimum Gasteiger partial charge on any atom is -0.457 e. The number of hydrogen-bond donors (Lipinski definition) is 1. The second-order valence-electron chi connectivity index (χ2n) is 5.98. The monoisotopic (exact) mass is 369 g/mol. The number of benzene rings is 1. The van der Waals surface area contributed by atoms with E-state index < -0.39 is 6.17 Å². The summed E-state index contributed by atoms with van der Waals surface area (Å²) in [5.74, 6) is 1.10. The van der Waals surface area contributed by atoms with E-state index in [0.717, 1.165) is 5.76 Å². The molecule has 26 heavy (non-hydrogen) atoms. The fourth-order valence-electron chi connectivity index (χ4n) is 3.25. The third kappa shape index (κ3) is 2.45. The van der Waals surface area contributed by atoms with Gasteiger partial charge in [-0.05, 0) is 42.1 Å². The van der Waals surface area contributed by atoms with Gasteiger partial charge in [-0.2, -0.15) is 0 Å². The Labute approximate surface area is 153 Å². The number of carbonyl (C=O) groups excluding carboxylic acids is 1. The molecule has 1 aliphatic rings. The lowest BCUT2D eigenvalue weighted by molar-refractivity contribution is -0.764. The average Bonchev–Trinajstić information content (AvgIpc) is 3.05. The van der Waals surface area contributed by atoms with Gasteiger partial charge in [0, 0.05) is 12.0 Å². The van der Waals surface area contributed by atoms with Crippen LogP contribution in [0, 0.1) is 6.92 Å². The molecule has 0 unspecified atom stereocenters. The van der Waals surface area contributed by atoms with Crippen LogP contribution in [0.5, 0.6) is 0 Å². The third-order valence-corrected chi connectivity index (χ3v) is 4.88. The number of para-hydroxylation sites is 1. The molecule has 8 heteroatoms. The SMILES string of the molecule is CSc1n[n+]2c(c(=O)[nH]1)-c1ccccc1N(C(C)=O)[C@@H]2c1ccc(C)o1. The van der Waals surface area contributed by atoms with Crippen LogP contribution in [0.1, 0.15) is 24.6 Å². The number of aromatic amines is 1. The number of fused-ring (bicyclic) bond motifs is 3. The van der Waals surface area contributed by atoms with Gasteiger partial charge in [0.05, 0.1) is 11.3 Å². The van der Waals surface area contributed by atoms with Crippen molar-refractivity contribution in [1.82, 2.24) is 10.1 Å². The quantitative estimate of drug-likeness (QED) is 0.553. The topological polar surface area (TPSA) is 83.1 Å². The number of thioether (sulfide) groups is 1. The summed E-state index contributed by atoms with van der Waals surface area (Å²) < 4.78 is 7.39. The maximum atomic E-state index is 12.8. The van der Waals surface area contributed by atoms with Crippen LogP contribution in [0.3, 0.4) is 0 Å². The molecule has 1 aliphatic heterocycles. The summed E-state index contributed by atoms with van der Waals surface area (Å²) in [5, 5.41) is 5.03. The highest BCUT2D eigenvalue weighted by Crippen LogP contribution is 2.37. The molecule has 0 radical (unpaired) electrons.